The second-order valence-electron chi connectivity index (χ2n) is 2.68. The van der Waals surface area contributed by atoms with Gasteiger partial charge >= 0.3 is 41.5 Å². The summed E-state index contributed by atoms with van der Waals surface area (Å²) in [4.78, 5) is 21.1. The second-order valence-corrected chi connectivity index (χ2v) is 2.68. The Balaban J connectivity index is 0. The SMILES string of the molecule is CC(=O)OC(=O)[C@@H](N)C(C)C.[NaH]. The molecule has 0 radical (unpaired) electrons. The van der Waals surface area contributed by atoms with Crippen LogP contribution in [-0.4, -0.2) is 47.5 Å². The van der Waals surface area contributed by atoms with Crippen LogP contribution in [0, 0.1) is 5.92 Å². The summed E-state index contributed by atoms with van der Waals surface area (Å²) in [5.41, 5.74) is 5.38. The van der Waals surface area contributed by atoms with Crippen molar-refractivity contribution >= 4 is 41.5 Å². The Labute approximate surface area is 94.1 Å². The number of rotatable bonds is 2. The van der Waals surface area contributed by atoms with Crippen molar-refractivity contribution in [1.29, 1.82) is 0 Å². The van der Waals surface area contributed by atoms with E-state index in [0.717, 1.165) is 0 Å². The fourth-order valence-electron chi connectivity index (χ4n) is 0.482. The molecule has 12 heavy (non-hydrogen) atoms. The Morgan fingerprint density at radius 1 is 1.33 bits per heavy atom. The van der Waals surface area contributed by atoms with Gasteiger partial charge in [0.15, 0.2) is 0 Å². The minimum absolute atomic E-state index is 0. The van der Waals surface area contributed by atoms with Gasteiger partial charge in [-0.15, -0.1) is 0 Å². The van der Waals surface area contributed by atoms with Gasteiger partial charge in [0.05, 0.1) is 0 Å². The average Bonchev–Trinajstić information content (AvgIpc) is 1.84. The first-order valence-electron chi connectivity index (χ1n) is 3.43. The van der Waals surface area contributed by atoms with Gasteiger partial charge in [0.25, 0.3) is 0 Å². The van der Waals surface area contributed by atoms with Crippen molar-refractivity contribution in [2.75, 3.05) is 0 Å². The van der Waals surface area contributed by atoms with Crippen LogP contribution in [0.1, 0.15) is 20.8 Å². The Morgan fingerprint density at radius 3 is 2.00 bits per heavy atom. The molecule has 0 saturated heterocycles. The van der Waals surface area contributed by atoms with Gasteiger partial charge in [-0.2, -0.15) is 0 Å². The number of carbonyl (C=O) groups excluding carboxylic acids is 2. The van der Waals surface area contributed by atoms with E-state index in [0.29, 0.717) is 0 Å². The van der Waals surface area contributed by atoms with Crippen LogP contribution in [0.5, 0.6) is 0 Å². The van der Waals surface area contributed by atoms with E-state index >= 15 is 0 Å². The molecule has 66 valence electrons. The molecule has 0 unspecified atom stereocenters. The number of ether oxygens (including phenoxy) is 1. The molecule has 0 aliphatic heterocycles. The summed E-state index contributed by atoms with van der Waals surface area (Å²) in [6, 6.07) is -0.709. The van der Waals surface area contributed by atoms with Gasteiger partial charge in [-0.3, -0.25) is 4.79 Å². The first-order valence-corrected chi connectivity index (χ1v) is 3.43. The van der Waals surface area contributed by atoms with Gasteiger partial charge in [-0.1, -0.05) is 13.8 Å². The fourth-order valence-corrected chi connectivity index (χ4v) is 0.482. The predicted molar refractivity (Wildman–Crippen MR) is 46.7 cm³/mol. The summed E-state index contributed by atoms with van der Waals surface area (Å²) >= 11 is 0. The van der Waals surface area contributed by atoms with E-state index in [1.807, 2.05) is 0 Å². The van der Waals surface area contributed by atoms with Crippen molar-refractivity contribution in [3.63, 3.8) is 0 Å². The zero-order valence-electron chi connectivity index (χ0n) is 6.96. The molecule has 0 heterocycles. The monoisotopic (exact) mass is 183 g/mol. The van der Waals surface area contributed by atoms with Gasteiger partial charge in [-0.05, 0) is 5.92 Å². The predicted octanol–water partition coefficient (Wildman–Crippen LogP) is -0.589. The molecule has 0 aromatic carbocycles. The zero-order valence-corrected chi connectivity index (χ0v) is 6.96. The topological polar surface area (TPSA) is 69.4 Å². The van der Waals surface area contributed by atoms with Crippen LogP contribution in [-0.2, 0) is 14.3 Å². The van der Waals surface area contributed by atoms with Crippen molar-refractivity contribution in [2.24, 2.45) is 11.7 Å². The molecule has 0 aliphatic rings. The van der Waals surface area contributed by atoms with E-state index < -0.39 is 18.0 Å². The zero-order chi connectivity index (χ0) is 9.02. The van der Waals surface area contributed by atoms with Crippen LogP contribution in [0.15, 0.2) is 0 Å². The minimum atomic E-state index is -0.709. The molecular formula is C7H14NNaO3. The third kappa shape index (κ3) is 5.71. The summed E-state index contributed by atoms with van der Waals surface area (Å²) in [6.45, 7) is 4.74. The van der Waals surface area contributed by atoms with E-state index in [9.17, 15) is 9.59 Å². The van der Waals surface area contributed by atoms with E-state index in [1.165, 1.54) is 6.92 Å². The molecule has 0 aromatic heterocycles. The molecule has 2 N–H and O–H groups in total. The first-order chi connectivity index (χ1) is 4.95. The van der Waals surface area contributed by atoms with Gasteiger partial charge in [0.2, 0.25) is 0 Å². The fraction of sp³-hybridized carbons (Fsp3) is 0.714. The summed E-state index contributed by atoms with van der Waals surface area (Å²) in [7, 11) is 0. The molecule has 0 aromatic rings. The van der Waals surface area contributed by atoms with Crippen LogP contribution < -0.4 is 5.73 Å². The molecule has 0 spiro atoms. The maximum atomic E-state index is 10.8. The van der Waals surface area contributed by atoms with Gasteiger partial charge in [-0.25, -0.2) is 4.79 Å². The Hall–Kier alpha value is 0.1000. The summed E-state index contributed by atoms with van der Waals surface area (Å²) in [5.74, 6) is -1.29. The van der Waals surface area contributed by atoms with E-state index in [1.54, 1.807) is 13.8 Å². The van der Waals surface area contributed by atoms with Crippen LogP contribution in [0.4, 0.5) is 0 Å². The third-order valence-electron chi connectivity index (χ3n) is 1.23. The van der Waals surface area contributed by atoms with Gasteiger partial charge < -0.3 is 10.5 Å². The van der Waals surface area contributed by atoms with Crippen LogP contribution in [0.2, 0.25) is 0 Å². The van der Waals surface area contributed by atoms with Crippen molar-refractivity contribution < 1.29 is 14.3 Å². The van der Waals surface area contributed by atoms with Crippen LogP contribution in [0.25, 0.3) is 0 Å². The molecule has 0 bridgehead atoms. The standard InChI is InChI=1S/C7H13NO3.Na.H/c1-4(2)6(8)7(10)11-5(3)9;;/h4,6H,8H2,1-3H3;;/t6-;;/m0../s1. The molecule has 5 heteroatoms. The number of esters is 2. The van der Waals surface area contributed by atoms with Crippen LogP contribution in [0.3, 0.4) is 0 Å². The van der Waals surface area contributed by atoms with Crippen molar-refractivity contribution in [2.45, 2.75) is 26.8 Å². The Morgan fingerprint density at radius 2 is 1.75 bits per heavy atom. The third-order valence-corrected chi connectivity index (χ3v) is 1.23. The molecule has 0 rings (SSSR count). The van der Waals surface area contributed by atoms with Crippen molar-refractivity contribution in [3.05, 3.63) is 0 Å². The molecular weight excluding hydrogens is 169 g/mol. The molecule has 0 amide bonds. The average molecular weight is 183 g/mol. The maximum absolute atomic E-state index is 10.8. The van der Waals surface area contributed by atoms with Gasteiger partial charge in [0, 0.05) is 6.92 Å². The first kappa shape index (κ1) is 14.6. The number of nitrogens with two attached hydrogens (primary N) is 1. The normalized spacial score (nSPS) is 11.8. The van der Waals surface area contributed by atoms with Crippen molar-refractivity contribution in [3.8, 4) is 0 Å². The van der Waals surface area contributed by atoms with E-state index in [2.05, 4.69) is 4.74 Å². The summed E-state index contributed by atoms with van der Waals surface area (Å²) in [5, 5.41) is 0. The quantitative estimate of drug-likeness (QED) is 0.353. The molecule has 0 fully saturated rings. The molecule has 4 nitrogen and oxygen atoms in total. The second kappa shape index (κ2) is 6.60. The molecule has 0 aliphatic carbocycles. The van der Waals surface area contributed by atoms with Crippen LogP contribution >= 0.6 is 0 Å². The number of hydrogen-bond acceptors (Lipinski definition) is 4. The Kier molecular flexibility index (Phi) is 8.04. The van der Waals surface area contributed by atoms with E-state index in [-0.39, 0.29) is 35.5 Å². The van der Waals surface area contributed by atoms with E-state index in [4.69, 9.17) is 5.73 Å². The van der Waals surface area contributed by atoms with Gasteiger partial charge in [0.1, 0.15) is 6.04 Å². The number of hydrogen-bond donors (Lipinski definition) is 1. The number of carbonyl (C=O) groups is 2. The summed E-state index contributed by atoms with van der Waals surface area (Å²) < 4.78 is 4.27. The van der Waals surface area contributed by atoms with Crippen molar-refractivity contribution in [1.82, 2.24) is 0 Å². The molecule has 0 saturated carbocycles. The Bertz CT molecular complexity index is 170. The summed E-state index contributed by atoms with van der Waals surface area (Å²) in [6.07, 6.45) is 0. The molecule has 1 atom stereocenters.